The van der Waals surface area contributed by atoms with Crippen molar-refractivity contribution in [1.29, 1.82) is 0 Å². The van der Waals surface area contributed by atoms with Crippen LogP contribution in [0.3, 0.4) is 0 Å². The first kappa shape index (κ1) is 17.2. The standard InChI is InChI=1S/C15H21ClN2O3S/c1-17-22(20,21)12-8-9-14(16)13(10-12)15(19)18(2)11-6-4-3-5-7-11/h8-11,17H,3-7H2,1-2H3. The summed E-state index contributed by atoms with van der Waals surface area (Å²) in [6, 6.07) is 4.39. The van der Waals surface area contributed by atoms with E-state index in [4.69, 9.17) is 11.6 Å². The Labute approximate surface area is 136 Å². The smallest absolute Gasteiger partial charge is 0.255 e. The minimum absolute atomic E-state index is 0.0415. The van der Waals surface area contributed by atoms with Gasteiger partial charge in [-0.05, 0) is 38.1 Å². The first-order valence-electron chi connectivity index (χ1n) is 7.37. The number of amides is 1. The Balaban J connectivity index is 2.30. The van der Waals surface area contributed by atoms with Gasteiger partial charge in [0.05, 0.1) is 15.5 Å². The molecule has 0 bridgehead atoms. The van der Waals surface area contributed by atoms with Crippen molar-refractivity contribution in [3.63, 3.8) is 0 Å². The molecule has 0 heterocycles. The largest absolute Gasteiger partial charge is 0.339 e. The number of hydrogen-bond acceptors (Lipinski definition) is 3. The molecule has 0 atom stereocenters. The predicted octanol–water partition coefficient (Wildman–Crippen LogP) is 2.65. The van der Waals surface area contributed by atoms with Crippen molar-refractivity contribution < 1.29 is 13.2 Å². The van der Waals surface area contributed by atoms with Gasteiger partial charge in [-0.1, -0.05) is 30.9 Å². The molecule has 5 nitrogen and oxygen atoms in total. The molecule has 1 amide bonds. The fourth-order valence-corrected chi connectivity index (χ4v) is 3.73. The van der Waals surface area contributed by atoms with Crippen LogP contribution in [0.15, 0.2) is 23.1 Å². The van der Waals surface area contributed by atoms with Gasteiger partial charge in [-0.3, -0.25) is 4.79 Å². The molecule has 7 heteroatoms. The average molecular weight is 345 g/mol. The fraction of sp³-hybridized carbons (Fsp3) is 0.533. The van der Waals surface area contributed by atoms with E-state index in [1.54, 1.807) is 11.9 Å². The van der Waals surface area contributed by atoms with E-state index in [1.807, 2.05) is 0 Å². The molecule has 1 aromatic carbocycles. The first-order chi connectivity index (χ1) is 10.4. The molecule has 2 rings (SSSR count). The molecule has 0 unspecified atom stereocenters. The summed E-state index contributed by atoms with van der Waals surface area (Å²) in [4.78, 5) is 14.4. The maximum absolute atomic E-state index is 12.7. The van der Waals surface area contributed by atoms with Crippen LogP contribution in [-0.4, -0.2) is 39.4 Å². The third-order valence-corrected chi connectivity index (χ3v) is 5.93. The van der Waals surface area contributed by atoms with Crippen molar-refractivity contribution in [3.05, 3.63) is 28.8 Å². The summed E-state index contributed by atoms with van der Waals surface area (Å²) in [6.07, 6.45) is 5.40. The number of sulfonamides is 1. The SMILES string of the molecule is CNS(=O)(=O)c1ccc(Cl)c(C(=O)N(C)C2CCCCC2)c1. The van der Waals surface area contributed by atoms with Gasteiger partial charge in [0.15, 0.2) is 0 Å². The normalized spacial score (nSPS) is 16.5. The van der Waals surface area contributed by atoms with Gasteiger partial charge in [0.2, 0.25) is 10.0 Å². The third kappa shape index (κ3) is 3.62. The summed E-state index contributed by atoms with van der Waals surface area (Å²) in [5.41, 5.74) is 0.228. The summed E-state index contributed by atoms with van der Waals surface area (Å²) < 4.78 is 26.0. The van der Waals surface area contributed by atoms with Crippen LogP contribution in [0.5, 0.6) is 0 Å². The number of benzene rings is 1. The Morgan fingerprint density at radius 2 is 1.91 bits per heavy atom. The molecule has 22 heavy (non-hydrogen) atoms. The number of halogens is 1. The zero-order valence-corrected chi connectivity index (χ0v) is 14.4. The highest BCUT2D eigenvalue weighted by molar-refractivity contribution is 7.89. The van der Waals surface area contributed by atoms with Gasteiger partial charge in [0.25, 0.3) is 5.91 Å². The van der Waals surface area contributed by atoms with Gasteiger partial charge in [-0.15, -0.1) is 0 Å². The lowest BCUT2D eigenvalue weighted by Crippen LogP contribution is -2.38. The molecular weight excluding hydrogens is 324 g/mol. The zero-order chi connectivity index (χ0) is 16.3. The van der Waals surface area contributed by atoms with Crippen LogP contribution in [-0.2, 0) is 10.0 Å². The van der Waals surface area contributed by atoms with Crippen LogP contribution in [0.25, 0.3) is 0 Å². The number of nitrogens with one attached hydrogen (secondary N) is 1. The van der Waals surface area contributed by atoms with E-state index < -0.39 is 10.0 Å². The van der Waals surface area contributed by atoms with Crippen molar-refractivity contribution in [3.8, 4) is 0 Å². The van der Waals surface area contributed by atoms with Crippen molar-refractivity contribution in [2.24, 2.45) is 0 Å². The molecule has 1 N–H and O–H groups in total. The van der Waals surface area contributed by atoms with E-state index in [0.717, 1.165) is 25.7 Å². The first-order valence-corrected chi connectivity index (χ1v) is 9.23. The Hall–Kier alpha value is -1.11. The predicted molar refractivity (Wildman–Crippen MR) is 86.7 cm³/mol. The molecule has 122 valence electrons. The van der Waals surface area contributed by atoms with E-state index in [2.05, 4.69) is 4.72 Å². The van der Waals surface area contributed by atoms with Gasteiger partial charge in [0.1, 0.15) is 0 Å². The molecule has 1 aliphatic rings. The summed E-state index contributed by atoms with van der Waals surface area (Å²) in [7, 11) is -0.510. The molecule has 0 radical (unpaired) electrons. The monoisotopic (exact) mass is 344 g/mol. The second-order valence-corrected chi connectivity index (χ2v) is 7.85. The number of hydrogen-bond donors (Lipinski definition) is 1. The second-order valence-electron chi connectivity index (χ2n) is 5.56. The van der Waals surface area contributed by atoms with Crippen LogP contribution >= 0.6 is 11.6 Å². The molecular formula is C15H21ClN2O3S. The average Bonchev–Trinajstić information content (AvgIpc) is 2.54. The Kier molecular flexibility index (Phi) is 5.47. The number of nitrogens with zero attached hydrogens (tertiary/aromatic N) is 1. The van der Waals surface area contributed by atoms with Crippen molar-refractivity contribution in [2.45, 2.75) is 43.0 Å². The van der Waals surface area contributed by atoms with Crippen LogP contribution in [0, 0.1) is 0 Å². The molecule has 1 aromatic rings. The fourth-order valence-electron chi connectivity index (χ4n) is 2.78. The summed E-state index contributed by atoms with van der Waals surface area (Å²) in [6.45, 7) is 0. The third-order valence-electron chi connectivity index (χ3n) is 4.19. The van der Waals surface area contributed by atoms with E-state index in [1.165, 1.54) is 31.7 Å². The molecule has 1 aliphatic carbocycles. The van der Waals surface area contributed by atoms with Crippen LogP contribution < -0.4 is 4.72 Å². The zero-order valence-electron chi connectivity index (χ0n) is 12.8. The highest BCUT2D eigenvalue weighted by Crippen LogP contribution is 2.26. The van der Waals surface area contributed by atoms with Gasteiger partial charge in [-0.2, -0.15) is 0 Å². The molecule has 0 aliphatic heterocycles. The number of rotatable bonds is 4. The summed E-state index contributed by atoms with van der Waals surface area (Å²) in [5, 5.41) is 0.266. The molecule has 0 spiro atoms. The van der Waals surface area contributed by atoms with Gasteiger partial charge in [-0.25, -0.2) is 13.1 Å². The van der Waals surface area contributed by atoms with E-state index in [9.17, 15) is 13.2 Å². The number of carbonyl (C=O) groups is 1. The summed E-state index contributed by atoms with van der Waals surface area (Å²) in [5.74, 6) is -0.231. The highest BCUT2D eigenvalue weighted by Gasteiger charge is 2.25. The topological polar surface area (TPSA) is 66.5 Å². The maximum atomic E-state index is 12.7. The Bertz CT molecular complexity index is 655. The summed E-state index contributed by atoms with van der Waals surface area (Å²) >= 11 is 6.10. The van der Waals surface area contributed by atoms with Crippen molar-refractivity contribution >= 4 is 27.5 Å². The van der Waals surface area contributed by atoms with Crippen LogP contribution in [0.2, 0.25) is 5.02 Å². The van der Waals surface area contributed by atoms with Crippen LogP contribution in [0.1, 0.15) is 42.5 Å². The Morgan fingerprint density at radius 1 is 1.27 bits per heavy atom. The van der Waals surface area contributed by atoms with Crippen LogP contribution in [0.4, 0.5) is 0 Å². The number of carbonyl (C=O) groups excluding carboxylic acids is 1. The lowest BCUT2D eigenvalue weighted by molar-refractivity contribution is 0.0696. The lowest BCUT2D eigenvalue weighted by atomic mass is 9.94. The molecule has 1 saturated carbocycles. The van der Waals surface area contributed by atoms with Gasteiger partial charge in [0, 0.05) is 13.1 Å². The second kappa shape index (κ2) is 6.98. The van der Waals surface area contributed by atoms with Crippen molar-refractivity contribution in [2.75, 3.05) is 14.1 Å². The minimum Gasteiger partial charge on any atom is -0.339 e. The maximum Gasteiger partial charge on any atom is 0.255 e. The molecule has 0 aromatic heterocycles. The van der Waals surface area contributed by atoms with E-state index in [-0.39, 0.29) is 27.4 Å². The lowest BCUT2D eigenvalue weighted by Gasteiger charge is -2.31. The molecule has 1 fully saturated rings. The van der Waals surface area contributed by atoms with Gasteiger partial charge >= 0.3 is 0 Å². The highest BCUT2D eigenvalue weighted by atomic mass is 35.5. The molecule has 0 saturated heterocycles. The minimum atomic E-state index is -3.60. The van der Waals surface area contributed by atoms with E-state index in [0.29, 0.717) is 0 Å². The Morgan fingerprint density at radius 3 is 2.50 bits per heavy atom. The van der Waals surface area contributed by atoms with Gasteiger partial charge < -0.3 is 4.90 Å². The van der Waals surface area contributed by atoms with Crippen molar-refractivity contribution in [1.82, 2.24) is 9.62 Å². The quantitative estimate of drug-likeness (QED) is 0.913. The van der Waals surface area contributed by atoms with E-state index >= 15 is 0 Å².